The fraction of sp³-hybridized carbons (Fsp3) is 0.429. The molecule has 2 heterocycles. The van der Waals surface area contributed by atoms with Gasteiger partial charge in [-0.3, -0.25) is 29.0 Å². The van der Waals surface area contributed by atoms with Gasteiger partial charge in [-0.05, 0) is 0 Å². The van der Waals surface area contributed by atoms with Crippen molar-refractivity contribution in [3.8, 4) is 0 Å². The van der Waals surface area contributed by atoms with Gasteiger partial charge in [0, 0.05) is 13.1 Å². The van der Waals surface area contributed by atoms with Crippen molar-refractivity contribution in [2.24, 2.45) is 23.7 Å². The molecular formula is C14H14N2O4. The van der Waals surface area contributed by atoms with Crippen LogP contribution in [0.1, 0.15) is 0 Å². The van der Waals surface area contributed by atoms with Gasteiger partial charge in [-0.25, -0.2) is 0 Å². The van der Waals surface area contributed by atoms with E-state index in [1.807, 2.05) is 0 Å². The van der Waals surface area contributed by atoms with Crippen LogP contribution in [0.5, 0.6) is 0 Å². The van der Waals surface area contributed by atoms with E-state index in [1.54, 1.807) is 0 Å². The number of imide groups is 2. The van der Waals surface area contributed by atoms with Gasteiger partial charge in [0.05, 0.1) is 23.7 Å². The summed E-state index contributed by atoms with van der Waals surface area (Å²) < 4.78 is 0. The van der Waals surface area contributed by atoms with Gasteiger partial charge in [-0.1, -0.05) is 12.2 Å². The second kappa shape index (κ2) is 4.13. The summed E-state index contributed by atoms with van der Waals surface area (Å²) in [4.78, 5) is 50.9. The van der Waals surface area contributed by atoms with Crippen LogP contribution in [0.15, 0.2) is 25.3 Å². The molecule has 2 aliphatic heterocycles. The molecule has 4 amide bonds. The standard InChI is InChI=1S/C14H14N2O4/c1-3-5-15-11(17)7-8(12(15)18)10-9(7)13(19)16(6-4-2)14(10)20/h3-4,7-10H,1-2,5-6H2. The largest absolute Gasteiger partial charge is 0.278 e. The van der Waals surface area contributed by atoms with E-state index in [0.717, 1.165) is 9.80 Å². The number of carbonyl (C=O) groups excluding carboxylic acids is 4. The molecule has 0 radical (unpaired) electrons. The maximum absolute atomic E-state index is 12.2. The summed E-state index contributed by atoms with van der Waals surface area (Å²) in [6.45, 7) is 7.26. The predicted molar refractivity (Wildman–Crippen MR) is 67.8 cm³/mol. The van der Waals surface area contributed by atoms with Crippen LogP contribution in [-0.2, 0) is 19.2 Å². The Kier molecular flexibility index (Phi) is 2.64. The third-order valence-corrected chi connectivity index (χ3v) is 4.38. The van der Waals surface area contributed by atoms with Gasteiger partial charge in [0.2, 0.25) is 23.6 Å². The van der Waals surface area contributed by atoms with Gasteiger partial charge >= 0.3 is 0 Å². The number of carbonyl (C=O) groups is 4. The first-order valence-electron chi connectivity index (χ1n) is 6.46. The molecule has 0 atom stereocenters. The van der Waals surface area contributed by atoms with E-state index in [4.69, 9.17) is 0 Å². The van der Waals surface area contributed by atoms with Crippen molar-refractivity contribution >= 4 is 23.6 Å². The van der Waals surface area contributed by atoms with Gasteiger partial charge in [0.25, 0.3) is 0 Å². The van der Waals surface area contributed by atoms with Crippen LogP contribution in [0.3, 0.4) is 0 Å². The van der Waals surface area contributed by atoms with Crippen molar-refractivity contribution in [1.82, 2.24) is 9.80 Å². The van der Waals surface area contributed by atoms with Crippen molar-refractivity contribution in [3.63, 3.8) is 0 Å². The van der Waals surface area contributed by atoms with Gasteiger partial charge in [0.15, 0.2) is 0 Å². The zero-order valence-corrected chi connectivity index (χ0v) is 10.8. The molecule has 0 N–H and O–H groups in total. The molecule has 0 aromatic heterocycles. The SMILES string of the molecule is C=CCN1C(=O)C2C(C1=O)C1C(=O)N(CC=C)C(=O)C21. The zero-order chi connectivity index (χ0) is 14.6. The van der Waals surface area contributed by atoms with Gasteiger partial charge in [-0.2, -0.15) is 0 Å². The number of nitrogens with zero attached hydrogens (tertiary/aromatic N) is 2. The Morgan fingerprint density at radius 1 is 0.700 bits per heavy atom. The summed E-state index contributed by atoms with van der Waals surface area (Å²) in [5.41, 5.74) is 0. The molecule has 2 saturated heterocycles. The molecule has 6 heteroatoms. The number of rotatable bonds is 4. The van der Waals surface area contributed by atoms with E-state index in [2.05, 4.69) is 13.2 Å². The summed E-state index contributed by atoms with van der Waals surface area (Å²) >= 11 is 0. The first-order chi connectivity index (χ1) is 9.54. The Morgan fingerprint density at radius 2 is 0.950 bits per heavy atom. The summed E-state index contributed by atoms with van der Waals surface area (Å²) in [5.74, 6) is -4.11. The molecular weight excluding hydrogens is 260 g/mol. The van der Waals surface area contributed by atoms with Crippen molar-refractivity contribution in [2.75, 3.05) is 13.1 Å². The first kappa shape index (κ1) is 12.8. The third-order valence-electron chi connectivity index (χ3n) is 4.38. The van der Waals surface area contributed by atoms with Crippen molar-refractivity contribution < 1.29 is 19.2 Å². The normalized spacial score (nSPS) is 35.0. The average Bonchev–Trinajstić information content (AvgIpc) is 2.68. The summed E-state index contributed by atoms with van der Waals surface area (Å²) in [6, 6.07) is 0. The van der Waals surface area contributed by atoms with E-state index in [9.17, 15) is 19.2 Å². The molecule has 0 spiro atoms. The Morgan fingerprint density at radius 3 is 1.15 bits per heavy atom. The topological polar surface area (TPSA) is 74.8 Å². The van der Waals surface area contributed by atoms with Crippen LogP contribution in [-0.4, -0.2) is 46.5 Å². The Labute approximate surface area is 115 Å². The molecule has 6 nitrogen and oxygen atoms in total. The van der Waals surface area contributed by atoms with Gasteiger partial charge < -0.3 is 0 Å². The van der Waals surface area contributed by atoms with Crippen LogP contribution in [0, 0.1) is 23.7 Å². The van der Waals surface area contributed by atoms with Crippen molar-refractivity contribution in [1.29, 1.82) is 0 Å². The Bertz CT molecular complexity index is 470. The minimum Gasteiger partial charge on any atom is -0.278 e. The minimum atomic E-state index is -0.668. The van der Waals surface area contributed by atoms with Crippen molar-refractivity contribution in [2.45, 2.75) is 0 Å². The molecule has 20 heavy (non-hydrogen) atoms. The lowest BCUT2D eigenvalue weighted by Gasteiger charge is -2.36. The fourth-order valence-corrected chi connectivity index (χ4v) is 3.53. The van der Waals surface area contributed by atoms with Gasteiger partial charge in [0.1, 0.15) is 0 Å². The lowest BCUT2D eigenvalue weighted by atomic mass is 9.59. The van der Waals surface area contributed by atoms with E-state index in [0.29, 0.717) is 0 Å². The highest BCUT2D eigenvalue weighted by atomic mass is 16.2. The van der Waals surface area contributed by atoms with E-state index < -0.39 is 23.7 Å². The molecule has 0 bridgehead atoms. The van der Waals surface area contributed by atoms with Crippen LogP contribution < -0.4 is 0 Å². The number of likely N-dealkylation sites (tertiary alicyclic amines) is 2. The Hall–Kier alpha value is -2.24. The molecule has 0 aromatic rings. The molecule has 104 valence electrons. The lowest BCUT2D eigenvalue weighted by Crippen LogP contribution is -2.50. The molecule has 0 unspecified atom stereocenters. The second-order valence-electron chi connectivity index (χ2n) is 5.25. The molecule has 3 aliphatic rings. The maximum atomic E-state index is 12.2. The average molecular weight is 274 g/mol. The fourth-order valence-electron chi connectivity index (χ4n) is 3.53. The van der Waals surface area contributed by atoms with Crippen LogP contribution >= 0.6 is 0 Å². The highest BCUT2D eigenvalue weighted by molar-refractivity contribution is 6.17. The number of fused-ring (bicyclic) bond motifs is 4. The van der Waals surface area contributed by atoms with E-state index in [-0.39, 0.29) is 36.7 Å². The minimum absolute atomic E-state index is 0.128. The lowest BCUT2D eigenvalue weighted by molar-refractivity contribution is -0.146. The molecule has 0 aromatic carbocycles. The second-order valence-corrected chi connectivity index (χ2v) is 5.25. The third kappa shape index (κ3) is 1.28. The Balaban J connectivity index is 1.92. The molecule has 3 rings (SSSR count). The predicted octanol–water partition coefficient (Wildman–Crippen LogP) is -0.426. The van der Waals surface area contributed by atoms with Gasteiger partial charge in [-0.15, -0.1) is 13.2 Å². The monoisotopic (exact) mass is 274 g/mol. The van der Waals surface area contributed by atoms with Crippen LogP contribution in [0.4, 0.5) is 0 Å². The number of hydrogen-bond donors (Lipinski definition) is 0. The quantitative estimate of drug-likeness (QED) is 0.515. The highest BCUT2D eigenvalue weighted by Crippen LogP contribution is 2.56. The smallest absolute Gasteiger partial charge is 0.234 e. The molecule has 3 fully saturated rings. The van der Waals surface area contributed by atoms with Crippen molar-refractivity contribution in [3.05, 3.63) is 25.3 Å². The zero-order valence-electron chi connectivity index (χ0n) is 10.8. The highest BCUT2D eigenvalue weighted by Gasteiger charge is 2.72. The maximum Gasteiger partial charge on any atom is 0.234 e. The molecule has 1 aliphatic carbocycles. The summed E-state index contributed by atoms with van der Waals surface area (Å²) in [5, 5.41) is 0. The molecule has 1 saturated carbocycles. The number of amides is 4. The summed E-state index contributed by atoms with van der Waals surface area (Å²) in [7, 11) is 0. The summed E-state index contributed by atoms with van der Waals surface area (Å²) in [6.07, 6.45) is 2.92. The van der Waals surface area contributed by atoms with E-state index >= 15 is 0 Å². The van der Waals surface area contributed by atoms with E-state index in [1.165, 1.54) is 12.2 Å². The first-order valence-corrected chi connectivity index (χ1v) is 6.46. The van der Waals surface area contributed by atoms with Crippen LogP contribution in [0.25, 0.3) is 0 Å². The number of hydrogen-bond acceptors (Lipinski definition) is 4. The van der Waals surface area contributed by atoms with Crippen LogP contribution in [0.2, 0.25) is 0 Å².